The highest BCUT2D eigenvalue weighted by Gasteiger charge is 2.20. The molecule has 3 heteroatoms. The molecule has 0 amide bonds. The van der Waals surface area contributed by atoms with Crippen LogP contribution < -0.4 is 0 Å². The Labute approximate surface area is 73.0 Å². The highest BCUT2D eigenvalue weighted by atomic mass is 16.5. The zero-order valence-electron chi connectivity index (χ0n) is 7.78. The van der Waals surface area contributed by atoms with Crippen molar-refractivity contribution >= 4 is 5.97 Å². The van der Waals surface area contributed by atoms with Gasteiger partial charge >= 0.3 is 5.97 Å². The largest absolute Gasteiger partial charge is 0.466 e. The van der Waals surface area contributed by atoms with Crippen molar-refractivity contribution in [2.75, 3.05) is 6.61 Å². The van der Waals surface area contributed by atoms with E-state index in [1.54, 1.807) is 32.9 Å². The molecule has 0 bridgehead atoms. The fourth-order valence-electron chi connectivity index (χ4n) is 0.777. The lowest BCUT2D eigenvalue weighted by molar-refractivity contribution is -0.150. The van der Waals surface area contributed by atoms with Gasteiger partial charge in [0.1, 0.15) is 0 Å². The summed E-state index contributed by atoms with van der Waals surface area (Å²) in [5.41, 5.74) is 0. The Morgan fingerprint density at radius 2 is 2.25 bits per heavy atom. The van der Waals surface area contributed by atoms with Crippen molar-refractivity contribution in [3.05, 3.63) is 12.2 Å². The minimum atomic E-state index is -0.742. The zero-order valence-corrected chi connectivity index (χ0v) is 7.78. The summed E-state index contributed by atoms with van der Waals surface area (Å²) in [6, 6.07) is 0. The number of carbonyl (C=O) groups excluding carboxylic acids is 1. The molecule has 70 valence electrons. The van der Waals surface area contributed by atoms with E-state index < -0.39 is 12.0 Å². The molecule has 3 nitrogen and oxygen atoms in total. The van der Waals surface area contributed by atoms with Crippen LogP contribution in [0.3, 0.4) is 0 Å². The van der Waals surface area contributed by atoms with E-state index in [9.17, 15) is 9.90 Å². The first-order chi connectivity index (χ1) is 5.63. The number of carbonyl (C=O) groups is 1. The molecule has 0 aromatic rings. The lowest BCUT2D eigenvalue weighted by atomic mass is 10.1. The van der Waals surface area contributed by atoms with Crippen molar-refractivity contribution in [1.29, 1.82) is 0 Å². The van der Waals surface area contributed by atoms with Crippen LogP contribution in [0, 0.1) is 5.92 Å². The molecule has 2 atom stereocenters. The van der Waals surface area contributed by atoms with Gasteiger partial charge in [0.05, 0.1) is 18.6 Å². The monoisotopic (exact) mass is 172 g/mol. The van der Waals surface area contributed by atoms with E-state index in [1.165, 1.54) is 0 Å². The molecule has 0 aliphatic heterocycles. The summed E-state index contributed by atoms with van der Waals surface area (Å²) in [5.74, 6) is -0.843. The van der Waals surface area contributed by atoms with E-state index in [-0.39, 0.29) is 5.97 Å². The summed E-state index contributed by atoms with van der Waals surface area (Å²) < 4.78 is 4.74. The molecule has 0 aliphatic carbocycles. The minimum Gasteiger partial charge on any atom is -0.466 e. The van der Waals surface area contributed by atoms with Crippen LogP contribution in [0.1, 0.15) is 20.8 Å². The van der Waals surface area contributed by atoms with Gasteiger partial charge in [-0.15, -0.1) is 0 Å². The highest BCUT2D eigenvalue weighted by Crippen LogP contribution is 2.06. The van der Waals surface area contributed by atoms with E-state index in [0.29, 0.717) is 6.61 Å². The predicted molar refractivity (Wildman–Crippen MR) is 46.6 cm³/mol. The van der Waals surface area contributed by atoms with Crippen LogP contribution in [-0.4, -0.2) is 23.8 Å². The van der Waals surface area contributed by atoms with Crippen LogP contribution >= 0.6 is 0 Å². The number of ether oxygens (including phenoxy) is 1. The first kappa shape index (κ1) is 11.2. The van der Waals surface area contributed by atoms with E-state index in [4.69, 9.17) is 4.74 Å². The Morgan fingerprint density at radius 3 is 2.67 bits per heavy atom. The van der Waals surface area contributed by atoms with Crippen LogP contribution in [0.5, 0.6) is 0 Å². The molecule has 0 rings (SSSR count). The summed E-state index contributed by atoms with van der Waals surface area (Å²) >= 11 is 0. The lowest BCUT2D eigenvalue weighted by Gasteiger charge is -2.13. The number of rotatable bonds is 4. The van der Waals surface area contributed by atoms with E-state index in [2.05, 4.69) is 0 Å². The van der Waals surface area contributed by atoms with Crippen molar-refractivity contribution in [3.8, 4) is 0 Å². The third-order valence-corrected chi connectivity index (χ3v) is 1.56. The van der Waals surface area contributed by atoms with Gasteiger partial charge < -0.3 is 9.84 Å². The Kier molecular flexibility index (Phi) is 5.37. The number of allylic oxidation sites excluding steroid dienone is 1. The molecule has 0 aliphatic rings. The van der Waals surface area contributed by atoms with Gasteiger partial charge in [-0.25, -0.2) is 0 Å². The molecule has 0 aromatic carbocycles. The number of hydrogen-bond acceptors (Lipinski definition) is 3. The Hall–Kier alpha value is -0.830. The van der Waals surface area contributed by atoms with Gasteiger partial charge in [-0.3, -0.25) is 4.79 Å². The molecule has 0 saturated carbocycles. The number of aliphatic hydroxyl groups is 1. The second-order valence-electron chi connectivity index (χ2n) is 2.56. The zero-order chi connectivity index (χ0) is 9.56. The molecule has 0 aromatic heterocycles. The van der Waals surface area contributed by atoms with Gasteiger partial charge in [-0.1, -0.05) is 12.2 Å². The fourth-order valence-corrected chi connectivity index (χ4v) is 0.777. The molecular formula is C9H16O3. The van der Waals surface area contributed by atoms with Crippen LogP contribution in [0.4, 0.5) is 0 Å². The molecule has 0 heterocycles. The summed E-state index contributed by atoms with van der Waals surface area (Å²) in [4.78, 5) is 11.0. The van der Waals surface area contributed by atoms with Crippen molar-refractivity contribution < 1.29 is 14.6 Å². The van der Waals surface area contributed by atoms with Gasteiger partial charge in [-0.05, 0) is 20.8 Å². The third kappa shape index (κ3) is 3.53. The Balaban J connectivity index is 3.99. The van der Waals surface area contributed by atoms with Crippen LogP contribution in [-0.2, 0) is 9.53 Å². The van der Waals surface area contributed by atoms with Gasteiger partial charge in [0.15, 0.2) is 0 Å². The fraction of sp³-hybridized carbons (Fsp3) is 0.667. The predicted octanol–water partition coefficient (Wildman–Crippen LogP) is 1.12. The molecule has 0 spiro atoms. The average Bonchev–Trinajstić information content (AvgIpc) is 2.04. The molecule has 12 heavy (non-hydrogen) atoms. The summed E-state index contributed by atoms with van der Waals surface area (Å²) in [6.45, 7) is 5.53. The topological polar surface area (TPSA) is 46.5 Å². The molecular weight excluding hydrogens is 156 g/mol. The first-order valence-corrected chi connectivity index (χ1v) is 4.11. The second-order valence-corrected chi connectivity index (χ2v) is 2.56. The maximum absolute atomic E-state index is 11.0. The van der Waals surface area contributed by atoms with Crippen molar-refractivity contribution in [3.63, 3.8) is 0 Å². The normalized spacial score (nSPS) is 16.0. The van der Waals surface area contributed by atoms with Crippen LogP contribution in [0.25, 0.3) is 0 Å². The maximum Gasteiger partial charge on any atom is 0.311 e. The van der Waals surface area contributed by atoms with Crippen LogP contribution in [0.15, 0.2) is 12.2 Å². The maximum atomic E-state index is 11.0. The first-order valence-electron chi connectivity index (χ1n) is 4.11. The Morgan fingerprint density at radius 1 is 1.67 bits per heavy atom. The summed E-state index contributed by atoms with van der Waals surface area (Å²) in [6.07, 6.45) is 2.54. The van der Waals surface area contributed by atoms with E-state index >= 15 is 0 Å². The van der Waals surface area contributed by atoms with Gasteiger partial charge in [0.25, 0.3) is 0 Å². The van der Waals surface area contributed by atoms with Gasteiger partial charge in [0, 0.05) is 0 Å². The van der Waals surface area contributed by atoms with Crippen molar-refractivity contribution in [1.82, 2.24) is 0 Å². The van der Waals surface area contributed by atoms with Gasteiger partial charge in [-0.2, -0.15) is 0 Å². The standard InChI is InChI=1S/C9H16O3/c1-4-6-8(10)7(3)9(11)12-5-2/h4,6-8,10H,5H2,1-3H3/b6-4+. The second kappa shape index (κ2) is 5.77. The number of esters is 1. The van der Waals surface area contributed by atoms with Crippen molar-refractivity contribution in [2.24, 2.45) is 5.92 Å². The third-order valence-electron chi connectivity index (χ3n) is 1.56. The average molecular weight is 172 g/mol. The highest BCUT2D eigenvalue weighted by molar-refractivity contribution is 5.72. The molecule has 0 radical (unpaired) electrons. The van der Waals surface area contributed by atoms with E-state index in [1.807, 2.05) is 0 Å². The quantitative estimate of drug-likeness (QED) is 0.510. The molecule has 1 N–H and O–H groups in total. The SMILES string of the molecule is C/C=C/C(O)C(C)C(=O)OCC. The molecule has 2 unspecified atom stereocenters. The number of hydrogen-bond donors (Lipinski definition) is 1. The van der Waals surface area contributed by atoms with E-state index in [0.717, 1.165) is 0 Å². The van der Waals surface area contributed by atoms with Gasteiger partial charge in [0.2, 0.25) is 0 Å². The Bertz CT molecular complexity index is 163. The smallest absolute Gasteiger partial charge is 0.311 e. The lowest BCUT2D eigenvalue weighted by Crippen LogP contribution is -2.25. The molecule has 0 fully saturated rings. The summed E-state index contributed by atoms with van der Waals surface area (Å²) in [5, 5.41) is 9.33. The summed E-state index contributed by atoms with van der Waals surface area (Å²) in [7, 11) is 0. The number of aliphatic hydroxyl groups excluding tert-OH is 1. The molecule has 0 saturated heterocycles. The van der Waals surface area contributed by atoms with Crippen molar-refractivity contribution in [2.45, 2.75) is 26.9 Å². The minimum absolute atomic E-state index is 0.353. The van der Waals surface area contributed by atoms with Crippen LogP contribution in [0.2, 0.25) is 0 Å².